The fourth-order valence-corrected chi connectivity index (χ4v) is 11.8. The van der Waals surface area contributed by atoms with Gasteiger partial charge in [-0.3, -0.25) is 9.59 Å². The zero-order valence-corrected chi connectivity index (χ0v) is 47.8. The fraction of sp³-hybridized carbons (Fsp3) is 0.818. The lowest BCUT2D eigenvalue weighted by molar-refractivity contribution is -0.308. The monoisotopic (exact) mass is 1090 g/mol. The smallest absolute Gasteiger partial charge is 0.311 e. The lowest BCUT2D eigenvalue weighted by atomic mass is 9.83. The zero-order valence-electron chi connectivity index (χ0n) is 47.8. The van der Waals surface area contributed by atoms with Crippen LogP contribution in [0.5, 0.6) is 0 Å². The molecule has 0 radical (unpaired) electrons. The predicted octanol–water partition coefficient (Wildman–Crippen LogP) is 2.80. The second kappa shape index (κ2) is 27.0. The molecule has 0 bridgehead atoms. The standard InChI is InChI=1S/C55H92FN7O14/c1-14-43-55(9,70)48(65)35(5)61(11)30-32(2)27-53(7,69)44(26-42(34(4)51(68)76-43)75-45-28-54(8,72-13)49(66)36(6)74-45)77-52-46(64)40(25-33(3)73-52)60(10)22-19-39-31-63(59-58-39)41(29-56)47(71-12)37-15-17-38(18-16-37)50(67)62-23-20-57-21-24-62/h15-18,31-36,40-49,52,57,64-66,69-70H,14,19-30H2,1-13H3/t32-,33-,34-,35-,36+,40+,41-,42+,43-,44-,45+,46-,47-,48-,49+,52+,53-,54-,55-/m1/s1. The number of nitrogens with one attached hydrogen (secondary N) is 1. The van der Waals surface area contributed by atoms with Crippen molar-refractivity contribution in [1.29, 1.82) is 0 Å². The number of carbonyl (C=O) groups is 2. The second-order valence-electron chi connectivity index (χ2n) is 23.2. The molecular formula is C55H92FN7O14. The highest BCUT2D eigenvalue weighted by Gasteiger charge is 2.51. The van der Waals surface area contributed by atoms with Crippen LogP contribution in [0.2, 0.25) is 0 Å². The lowest BCUT2D eigenvalue weighted by Crippen LogP contribution is -2.59. The van der Waals surface area contributed by atoms with Crippen molar-refractivity contribution in [2.45, 2.75) is 203 Å². The summed E-state index contributed by atoms with van der Waals surface area (Å²) in [7, 11) is 6.69. The Morgan fingerprint density at radius 2 is 1.65 bits per heavy atom. The topological polar surface area (TPSA) is 252 Å². The van der Waals surface area contributed by atoms with Crippen LogP contribution < -0.4 is 5.32 Å². The number of aliphatic hydroxyl groups is 5. The molecule has 6 N–H and O–H groups in total. The summed E-state index contributed by atoms with van der Waals surface area (Å²) in [5, 5.41) is 71.5. The Labute approximate surface area is 454 Å². The Morgan fingerprint density at radius 3 is 2.27 bits per heavy atom. The van der Waals surface area contributed by atoms with Gasteiger partial charge in [0.25, 0.3) is 5.91 Å². The summed E-state index contributed by atoms with van der Waals surface area (Å²) in [4.78, 5) is 33.2. The Hall–Kier alpha value is -3.33. The zero-order chi connectivity index (χ0) is 56.7. The minimum atomic E-state index is -1.85. The van der Waals surface area contributed by atoms with Crippen LogP contribution in [0.15, 0.2) is 30.5 Å². The lowest BCUT2D eigenvalue weighted by Gasteiger charge is -2.47. The number of aliphatic hydroxyl groups excluding tert-OH is 3. The molecule has 2 aromatic rings. The Balaban J connectivity index is 1.22. The Kier molecular flexibility index (Phi) is 22.0. The van der Waals surface area contributed by atoms with Crippen molar-refractivity contribution in [3.63, 3.8) is 0 Å². The SMILES string of the molecule is CC[C@H]1OC(=O)[C@H](C)[C@@H](O[C@H]2C[C@@](C)(OC)[C@@H](O)[C@H](C)O2)C[C@@H](O[C@@H]2O[C@H](C)C[C@H](N(C)CCc3cn([C@H](CF)[C@H](OC)c4ccc(C(=O)N5CCNCC5)cc4)nn3)[C@H]2O)[C@](C)(O)C[C@@H](C)CN(C)[C@H](C)[C@@H](O)[C@]1(C)O. The summed E-state index contributed by atoms with van der Waals surface area (Å²) in [6.45, 7) is 18.3. The number of likely N-dealkylation sites (N-methyl/N-ethyl adjacent to an activating group) is 2. The van der Waals surface area contributed by atoms with Crippen molar-refractivity contribution >= 4 is 11.9 Å². The van der Waals surface area contributed by atoms with E-state index in [0.29, 0.717) is 55.8 Å². The van der Waals surface area contributed by atoms with Crippen LogP contribution in [0.25, 0.3) is 0 Å². The minimum absolute atomic E-state index is 0.0573. The van der Waals surface area contributed by atoms with Crippen molar-refractivity contribution in [2.75, 3.05) is 74.3 Å². The molecule has 1 aromatic carbocycles. The number of aromatic nitrogens is 3. The van der Waals surface area contributed by atoms with Gasteiger partial charge >= 0.3 is 5.97 Å². The van der Waals surface area contributed by atoms with Crippen LogP contribution in [0.3, 0.4) is 0 Å². The van der Waals surface area contributed by atoms with Crippen molar-refractivity contribution in [3.05, 3.63) is 47.3 Å². The van der Waals surface area contributed by atoms with E-state index in [1.807, 2.05) is 42.6 Å². The van der Waals surface area contributed by atoms with Crippen LogP contribution >= 0.6 is 0 Å². The number of methoxy groups -OCH3 is 2. The van der Waals surface area contributed by atoms with Crippen molar-refractivity contribution in [2.24, 2.45) is 11.8 Å². The highest BCUT2D eigenvalue weighted by atomic mass is 19.1. The number of hydrogen-bond donors (Lipinski definition) is 6. The van der Waals surface area contributed by atoms with E-state index in [1.165, 1.54) is 25.8 Å². The molecule has 1 aromatic heterocycles. The molecule has 4 fully saturated rings. The van der Waals surface area contributed by atoms with Crippen molar-refractivity contribution in [1.82, 2.24) is 35.0 Å². The Bertz CT molecular complexity index is 2170. The highest BCUT2D eigenvalue weighted by Crippen LogP contribution is 2.39. The Morgan fingerprint density at radius 1 is 0.974 bits per heavy atom. The molecule has 21 nitrogen and oxygen atoms in total. The van der Waals surface area contributed by atoms with Gasteiger partial charge in [0.15, 0.2) is 12.6 Å². The van der Waals surface area contributed by atoms with Gasteiger partial charge in [0, 0.05) is 96.6 Å². The molecule has 1 amide bonds. The molecule has 4 saturated heterocycles. The van der Waals surface area contributed by atoms with Gasteiger partial charge in [-0.15, -0.1) is 5.10 Å². The normalized spacial score (nSPS) is 38.4. The molecule has 438 valence electrons. The van der Waals surface area contributed by atoms with E-state index in [4.69, 9.17) is 33.2 Å². The number of alkyl halides is 1. The average molecular weight is 1090 g/mol. The maximum atomic E-state index is 14.9. The number of rotatable bonds is 16. The molecule has 0 aliphatic carbocycles. The van der Waals surface area contributed by atoms with E-state index in [9.17, 15) is 39.5 Å². The summed E-state index contributed by atoms with van der Waals surface area (Å²) >= 11 is 0. The summed E-state index contributed by atoms with van der Waals surface area (Å²) in [6.07, 6.45) is -8.19. The maximum Gasteiger partial charge on any atom is 0.311 e. The number of amides is 1. The largest absolute Gasteiger partial charge is 0.459 e. The summed E-state index contributed by atoms with van der Waals surface area (Å²) in [5.74, 6) is -2.07. The van der Waals surface area contributed by atoms with E-state index in [0.717, 1.165) is 13.1 Å². The minimum Gasteiger partial charge on any atom is -0.459 e. The van der Waals surface area contributed by atoms with Gasteiger partial charge in [-0.25, -0.2) is 9.07 Å². The van der Waals surface area contributed by atoms with E-state index >= 15 is 0 Å². The molecule has 0 unspecified atom stereocenters. The van der Waals surface area contributed by atoms with Gasteiger partial charge in [-0.2, -0.15) is 0 Å². The number of halogens is 1. The first kappa shape index (κ1) is 62.9. The first-order valence-corrected chi connectivity index (χ1v) is 27.6. The van der Waals surface area contributed by atoms with Gasteiger partial charge < -0.3 is 78.7 Å². The van der Waals surface area contributed by atoms with Crippen molar-refractivity contribution < 1.29 is 72.7 Å². The average Bonchev–Trinajstić information content (AvgIpc) is 3.88. The van der Waals surface area contributed by atoms with Crippen LogP contribution in [-0.4, -0.2) is 232 Å². The highest BCUT2D eigenvalue weighted by molar-refractivity contribution is 5.94. The first-order valence-electron chi connectivity index (χ1n) is 27.6. The fourth-order valence-electron chi connectivity index (χ4n) is 11.8. The van der Waals surface area contributed by atoms with Gasteiger partial charge in [-0.1, -0.05) is 31.2 Å². The van der Waals surface area contributed by atoms with Gasteiger partial charge in [0.2, 0.25) is 0 Å². The van der Waals surface area contributed by atoms with E-state index < -0.39 is 121 Å². The summed E-state index contributed by atoms with van der Waals surface area (Å²) in [6, 6.07) is 5.10. The van der Waals surface area contributed by atoms with Crippen LogP contribution in [0.1, 0.15) is 128 Å². The molecule has 22 heteroatoms. The second-order valence-corrected chi connectivity index (χ2v) is 23.2. The number of ether oxygens (including phenoxy) is 7. The maximum absolute atomic E-state index is 14.9. The number of carbonyl (C=O) groups excluding carboxylic acids is 2. The number of cyclic esters (lactones) is 1. The number of piperazine rings is 1. The number of hydrogen-bond acceptors (Lipinski definition) is 19. The molecular weight excluding hydrogens is 1000 g/mol. The molecule has 4 aliphatic heterocycles. The molecule has 6 rings (SSSR count). The van der Waals surface area contributed by atoms with Crippen LogP contribution in [0.4, 0.5) is 4.39 Å². The third-order valence-electron chi connectivity index (χ3n) is 17.0. The van der Waals surface area contributed by atoms with Gasteiger partial charge in [-0.05, 0) is 105 Å². The van der Waals surface area contributed by atoms with E-state index in [-0.39, 0.29) is 37.5 Å². The van der Waals surface area contributed by atoms with E-state index in [1.54, 1.807) is 72.0 Å². The molecule has 5 heterocycles. The van der Waals surface area contributed by atoms with Gasteiger partial charge in [0.05, 0.1) is 47.2 Å². The quantitative estimate of drug-likeness (QED) is 0.132. The molecule has 77 heavy (non-hydrogen) atoms. The third-order valence-corrected chi connectivity index (χ3v) is 17.0. The summed E-state index contributed by atoms with van der Waals surface area (Å²) in [5.41, 5.74) is -2.76. The number of benzene rings is 1. The van der Waals surface area contributed by atoms with Crippen LogP contribution in [0, 0.1) is 11.8 Å². The molecule has 0 saturated carbocycles. The van der Waals surface area contributed by atoms with Crippen LogP contribution in [-0.2, 0) is 44.4 Å². The number of nitrogens with zero attached hydrogens (tertiary/aromatic N) is 6. The molecule has 19 atom stereocenters. The first-order chi connectivity index (χ1) is 36.3. The molecule has 4 aliphatic rings. The van der Waals surface area contributed by atoms with Crippen molar-refractivity contribution in [3.8, 4) is 0 Å². The molecule has 0 spiro atoms. The van der Waals surface area contributed by atoms with Gasteiger partial charge in [0.1, 0.15) is 48.8 Å². The summed E-state index contributed by atoms with van der Waals surface area (Å²) < 4.78 is 60.2. The van der Waals surface area contributed by atoms with E-state index in [2.05, 4.69) is 15.6 Å². The third kappa shape index (κ3) is 15.0. The predicted molar refractivity (Wildman–Crippen MR) is 282 cm³/mol. The number of esters is 1.